The second kappa shape index (κ2) is 9.04. The van der Waals surface area contributed by atoms with Crippen LogP contribution in [-0.2, 0) is 4.79 Å². The van der Waals surface area contributed by atoms with Gasteiger partial charge < -0.3 is 11.1 Å². The Bertz CT molecular complexity index is 592. The summed E-state index contributed by atoms with van der Waals surface area (Å²) in [6.45, 7) is 0. The SMILES string of the molecule is Nc1ccccc1NC(=O)CCCCCSc1ncccn1. The van der Waals surface area contributed by atoms with Gasteiger partial charge in [-0.15, -0.1) is 0 Å². The number of para-hydroxylation sites is 2. The molecule has 3 N–H and O–H groups in total. The number of hydrogen-bond acceptors (Lipinski definition) is 5. The number of nitrogen functional groups attached to an aromatic ring is 1. The number of amides is 1. The predicted octanol–water partition coefficient (Wildman–Crippen LogP) is 3.35. The van der Waals surface area contributed by atoms with Crippen LogP contribution in [0.2, 0.25) is 0 Å². The van der Waals surface area contributed by atoms with Crippen molar-refractivity contribution < 1.29 is 4.79 Å². The first kappa shape index (κ1) is 16.3. The molecule has 0 bridgehead atoms. The van der Waals surface area contributed by atoms with Gasteiger partial charge in [-0.2, -0.15) is 0 Å². The van der Waals surface area contributed by atoms with Gasteiger partial charge in [0.2, 0.25) is 5.91 Å². The number of thioether (sulfide) groups is 1. The Balaban J connectivity index is 1.57. The third kappa shape index (κ3) is 5.73. The molecule has 0 aliphatic carbocycles. The van der Waals surface area contributed by atoms with Crippen molar-refractivity contribution >= 4 is 29.0 Å². The summed E-state index contributed by atoms with van der Waals surface area (Å²) in [5, 5.41) is 3.64. The first-order valence-corrected chi connectivity index (χ1v) is 8.28. The molecule has 0 saturated heterocycles. The van der Waals surface area contributed by atoms with Gasteiger partial charge in [0.05, 0.1) is 11.4 Å². The Morgan fingerprint density at radius 1 is 1.09 bits per heavy atom. The van der Waals surface area contributed by atoms with Crippen molar-refractivity contribution in [3.63, 3.8) is 0 Å². The molecular weight excluding hydrogens is 296 g/mol. The maximum atomic E-state index is 11.8. The molecule has 2 aromatic rings. The lowest BCUT2D eigenvalue weighted by molar-refractivity contribution is -0.116. The lowest BCUT2D eigenvalue weighted by Crippen LogP contribution is -2.12. The van der Waals surface area contributed by atoms with Gasteiger partial charge in [0, 0.05) is 24.6 Å². The molecule has 0 fully saturated rings. The van der Waals surface area contributed by atoms with Crippen LogP contribution < -0.4 is 11.1 Å². The molecule has 1 aromatic heterocycles. The van der Waals surface area contributed by atoms with Crippen molar-refractivity contribution in [3.05, 3.63) is 42.7 Å². The van der Waals surface area contributed by atoms with Gasteiger partial charge in [0.25, 0.3) is 0 Å². The fourth-order valence-corrected chi connectivity index (χ4v) is 2.71. The van der Waals surface area contributed by atoms with E-state index in [0.29, 0.717) is 17.8 Å². The summed E-state index contributed by atoms with van der Waals surface area (Å²) in [5.41, 5.74) is 7.07. The minimum Gasteiger partial charge on any atom is -0.397 e. The van der Waals surface area contributed by atoms with Crippen molar-refractivity contribution in [3.8, 4) is 0 Å². The number of nitrogens with one attached hydrogen (secondary N) is 1. The number of nitrogens with zero attached hydrogens (tertiary/aromatic N) is 2. The molecule has 0 aliphatic rings. The second-order valence-electron chi connectivity index (χ2n) is 4.83. The fraction of sp³-hybridized carbons (Fsp3) is 0.312. The number of anilines is 2. The summed E-state index contributed by atoms with van der Waals surface area (Å²) in [6, 6.07) is 9.10. The maximum absolute atomic E-state index is 11.8. The van der Waals surface area contributed by atoms with Crippen LogP contribution in [0.25, 0.3) is 0 Å². The van der Waals surface area contributed by atoms with E-state index in [4.69, 9.17) is 5.73 Å². The van der Waals surface area contributed by atoms with Gasteiger partial charge in [0.1, 0.15) is 0 Å². The molecule has 2 rings (SSSR count). The standard InChI is InChI=1S/C16H20N4OS/c17-13-7-3-4-8-14(13)20-15(21)9-2-1-5-12-22-16-18-10-6-11-19-16/h3-4,6-8,10-11H,1-2,5,9,12,17H2,(H,20,21). The molecule has 0 saturated carbocycles. The van der Waals surface area contributed by atoms with Crippen molar-refractivity contribution in [2.45, 2.75) is 30.8 Å². The Kier molecular flexibility index (Phi) is 6.70. The molecule has 0 spiro atoms. The topological polar surface area (TPSA) is 80.9 Å². The minimum atomic E-state index is 0.0111. The average Bonchev–Trinajstić information content (AvgIpc) is 2.54. The monoisotopic (exact) mass is 316 g/mol. The van der Waals surface area contributed by atoms with Gasteiger partial charge in [-0.05, 0) is 31.0 Å². The van der Waals surface area contributed by atoms with Crippen LogP contribution in [0.5, 0.6) is 0 Å². The molecule has 22 heavy (non-hydrogen) atoms. The summed E-state index contributed by atoms with van der Waals surface area (Å²) in [5.74, 6) is 0.981. The number of carbonyl (C=O) groups excluding carboxylic acids is 1. The molecule has 0 atom stereocenters. The van der Waals surface area contributed by atoms with Crippen LogP contribution in [-0.4, -0.2) is 21.6 Å². The van der Waals surface area contributed by atoms with E-state index in [9.17, 15) is 4.79 Å². The summed E-state index contributed by atoms with van der Waals surface area (Å²) in [4.78, 5) is 20.1. The van der Waals surface area contributed by atoms with E-state index in [1.165, 1.54) is 0 Å². The van der Waals surface area contributed by atoms with Crippen LogP contribution >= 0.6 is 11.8 Å². The van der Waals surface area contributed by atoms with Gasteiger partial charge in [-0.1, -0.05) is 30.3 Å². The van der Waals surface area contributed by atoms with Crippen LogP contribution in [0.4, 0.5) is 11.4 Å². The van der Waals surface area contributed by atoms with Gasteiger partial charge in [0.15, 0.2) is 5.16 Å². The predicted molar refractivity (Wildman–Crippen MR) is 90.7 cm³/mol. The Hall–Kier alpha value is -2.08. The number of rotatable bonds is 8. The molecule has 0 aliphatic heterocycles. The first-order chi connectivity index (χ1) is 10.8. The van der Waals surface area contributed by atoms with Crippen LogP contribution in [0.3, 0.4) is 0 Å². The van der Waals surface area contributed by atoms with Crippen molar-refractivity contribution in [2.24, 2.45) is 0 Å². The number of benzene rings is 1. The second-order valence-corrected chi connectivity index (χ2v) is 5.89. The number of hydrogen-bond donors (Lipinski definition) is 2. The van der Waals surface area contributed by atoms with Crippen LogP contribution in [0.15, 0.2) is 47.9 Å². The zero-order valence-electron chi connectivity index (χ0n) is 12.4. The van der Waals surface area contributed by atoms with E-state index in [0.717, 1.165) is 30.2 Å². The Morgan fingerprint density at radius 2 is 1.86 bits per heavy atom. The highest BCUT2D eigenvalue weighted by Crippen LogP contribution is 2.18. The van der Waals surface area contributed by atoms with E-state index < -0.39 is 0 Å². The number of nitrogens with two attached hydrogens (primary N) is 1. The molecule has 0 radical (unpaired) electrons. The van der Waals surface area contributed by atoms with E-state index in [2.05, 4.69) is 15.3 Å². The third-order valence-corrected chi connectivity index (χ3v) is 4.02. The first-order valence-electron chi connectivity index (χ1n) is 7.30. The zero-order chi connectivity index (χ0) is 15.6. The van der Waals surface area contributed by atoms with Gasteiger partial charge in [-0.3, -0.25) is 4.79 Å². The number of unbranched alkanes of at least 4 members (excludes halogenated alkanes) is 2. The van der Waals surface area contributed by atoms with Crippen LogP contribution in [0, 0.1) is 0 Å². The summed E-state index contributed by atoms with van der Waals surface area (Å²) >= 11 is 1.64. The van der Waals surface area contributed by atoms with E-state index in [1.54, 1.807) is 30.2 Å². The molecule has 6 heteroatoms. The van der Waals surface area contributed by atoms with Crippen molar-refractivity contribution in [1.29, 1.82) is 0 Å². The summed E-state index contributed by atoms with van der Waals surface area (Å²) < 4.78 is 0. The molecule has 116 valence electrons. The maximum Gasteiger partial charge on any atom is 0.224 e. The van der Waals surface area contributed by atoms with Crippen molar-refractivity contribution in [1.82, 2.24) is 9.97 Å². The van der Waals surface area contributed by atoms with Crippen LogP contribution in [0.1, 0.15) is 25.7 Å². The van der Waals surface area contributed by atoms with E-state index in [-0.39, 0.29) is 5.91 Å². The highest BCUT2D eigenvalue weighted by atomic mass is 32.2. The molecular formula is C16H20N4OS. The summed E-state index contributed by atoms with van der Waals surface area (Å²) in [6.07, 6.45) is 6.93. The van der Waals surface area contributed by atoms with Crippen molar-refractivity contribution in [2.75, 3.05) is 16.8 Å². The van der Waals surface area contributed by atoms with Gasteiger partial charge in [-0.25, -0.2) is 9.97 Å². The minimum absolute atomic E-state index is 0.0111. The molecule has 5 nitrogen and oxygen atoms in total. The Morgan fingerprint density at radius 3 is 2.64 bits per heavy atom. The largest absolute Gasteiger partial charge is 0.397 e. The highest BCUT2D eigenvalue weighted by Gasteiger charge is 2.04. The lowest BCUT2D eigenvalue weighted by atomic mass is 10.2. The van der Waals surface area contributed by atoms with E-state index >= 15 is 0 Å². The highest BCUT2D eigenvalue weighted by molar-refractivity contribution is 7.99. The molecule has 1 amide bonds. The summed E-state index contributed by atoms with van der Waals surface area (Å²) in [7, 11) is 0. The fourth-order valence-electron chi connectivity index (χ4n) is 1.91. The molecule has 1 heterocycles. The third-order valence-electron chi connectivity index (χ3n) is 3.06. The Labute approximate surface area is 134 Å². The average molecular weight is 316 g/mol. The molecule has 0 unspecified atom stereocenters. The molecule has 1 aromatic carbocycles. The van der Waals surface area contributed by atoms with Gasteiger partial charge >= 0.3 is 0 Å². The number of aromatic nitrogens is 2. The number of carbonyl (C=O) groups is 1. The smallest absolute Gasteiger partial charge is 0.224 e. The zero-order valence-corrected chi connectivity index (χ0v) is 13.2. The van der Waals surface area contributed by atoms with E-state index in [1.807, 2.05) is 24.3 Å². The quantitative estimate of drug-likeness (QED) is 0.338. The normalized spacial score (nSPS) is 10.4. The lowest BCUT2D eigenvalue weighted by Gasteiger charge is -2.07.